The van der Waals surface area contributed by atoms with E-state index in [9.17, 15) is 14.0 Å². The average Bonchev–Trinajstić information content (AvgIpc) is 3.44. The van der Waals surface area contributed by atoms with Crippen LogP contribution < -0.4 is 20.3 Å². The van der Waals surface area contributed by atoms with E-state index in [-0.39, 0.29) is 36.9 Å². The highest BCUT2D eigenvalue weighted by Crippen LogP contribution is 2.34. The van der Waals surface area contributed by atoms with Crippen LogP contribution in [0.25, 0.3) is 21.9 Å². The highest BCUT2D eigenvalue weighted by Gasteiger charge is 2.20. The highest BCUT2D eigenvalue weighted by molar-refractivity contribution is 6.31. The second kappa shape index (κ2) is 8.69. The van der Waals surface area contributed by atoms with Crippen LogP contribution in [0.15, 0.2) is 71.8 Å². The van der Waals surface area contributed by atoms with Gasteiger partial charge in [0.2, 0.25) is 12.7 Å². The molecule has 8 nitrogen and oxygen atoms in total. The van der Waals surface area contributed by atoms with Gasteiger partial charge < -0.3 is 19.4 Å². The van der Waals surface area contributed by atoms with E-state index in [1.54, 1.807) is 34.9 Å². The predicted molar refractivity (Wildman–Crippen MR) is 133 cm³/mol. The van der Waals surface area contributed by atoms with Gasteiger partial charge in [0.05, 0.1) is 18.4 Å². The zero-order valence-corrected chi connectivity index (χ0v) is 19.5. The maximum Gasteiger partial charge on any atom is 0.278 e. The number of carbonyl (C=O) groups excluding carboxylic acids is 1. The largest absolute Gasteiger partial charge is 0.454 e. The Morgan fingerprint density at radius 2 is 1.92 bits per heavy atom. The molecule has 0 unspecified atom stereocenters. The van der Waals surface area contributed by atoms with Crippen molar-refractivity contribution in [2.75, 3.05) is 12.1 Å². The van der Waals surface area contributed by atoms with Crippen LogP contribution in [0.4, 0.5) is 10.1 Å². The predicted octanol–water partition coefficient (Wildman–Crippen LogP) is 4.56. The second-order valence-corrected chi connectivity index (χ2v) is 8.74. The van der Waals surface area contributed by atoms with E-state index in [1.807, 2.05) is 12.1 Å². The lowest BCUT2D eigenvalue weighted by atomic mass is 10.2. The zero-order valence-electron chi connectivity index (χ0n) is 18.7. The third-order valence-corrected chi connectivity index (χ3v) is 6.41. The van der Waals surface area contributed by atoms with Crippen LogP contribution >= 0.6 is 11.6 Å². The number of carbonyl (C=O) groups is 1. The number of anilines is 1. The summed E-state index contributed by atoms with van der Waals surface area (Å²) in [5, 5.41) is 3.79. The van der Waals surface area contributed by atoms with Crippen LogP contribution in [0.1, 0.15) is 5.56 Å². The molecule has 1 amide bonds. The van der Waals surface area contributed by atoms with Gasteiger partial charge in [-0.15, -0.1) is 0 Å². The van der Waals surface area contributed by atoms with Gasteiger partial charge in [0, 0.05) is 22.2 Å². The molecule has 6 rings (SSSR count). The lowest BCUT2D eigenvalue weighted by Gasteiger charge is -2.11. The highest BCUT2D eigenvalue weighted by atomic mass is 35.5. The number of fused-ring (bicyclic) bond motifs is 4. The van der Waals surface area contributed by atoms with Crippen molar-refractivity contribution in [1.29, 1.82) is 0 Å². The normalized spacial score (nSPS) is 12.4. The number of ether oxygens (including phenoxy) is 2. The number of nitrogens with one attached hydrogen (secondary N) is 1. The van der Waals surface area contributed by atoms with Crippen molar-refractivity contribution in [3.05, 3.63) is 93.7 Å². The molecule has 10 heteroatoms. The van der Waals surface area contributed by atoms with Gasteiger partial charge in [0.1, 0.15) is 23.4 Å². The summed E-state index contributed by atoms with van der Waals surface area (Å²) in [6, 6.07) is 16.4. The van der Waals surface area contributed by atoms with Gasteiger partial charge in [-0.25, -0.2) is 9.37 Å². The third kappa shape index (κ3) is 3.83. The van der Waals surface area contributed by atoms with Crippen LogP contribution in [-0.4, -0.2) is 26.8 Å². The molecule has 3 aromatic carbocycles. The summed E-state index contributed by atoms with van der Waals surface area (Å²) in [6.07, 6.45) is 1.41. The van der Waals surface area contributed by atoms with Crippen LogP contribution in [0.5, 0.6) is 11.5 Å². The Labute approximate surface area is 208 Å². The molecule has 0 saturated carbocycles. The summed E-state index contributed by atoms with van der Waals surface area (Å²) >= 11 is 6.29. The van der Waals surface area contributed by atoms with Crippen molar-refractivity contribution >= 4 is 45.1 Å². The molecule has 0 spiro atoms. The smallest absolute Gasteiger partial charge is 0.278 e. The summed E-state index contributed by atoms with van der Waals surface area (Å²) < 4.78 is 27.8. The third-order valence-electron chi connectivity index (χ3n) is 6.04. The van der Waals surface area contributed by atoms with Crippen molar-refractivity contribution in [2.24, 2.45) is 0 Å². The van der Waals surface area contributed by atoms with Crippen molar-refractivity contribution in [2.45, 2.75) is 13.1 Å². The summed E-state index contributed by atoms with van der Waals surface area (Å²) in [5.74, 6) is 0.292. The van der Waals surface area contributed by atoms with E-state index in [0.717, 1.165) is 5.56 Å². The quantitative estimate of drug-likeness (QED) is 0.379. The fraction of sp³-hybridized carbons (Fsp3) is 0.115. The molecule has 0 bridgehead atoms. The molecule has 36 heavy (non-hydrogen) atoms. The van der Waals surface area contributed by atoms with Crippen molar-refractivity contribution in [1.82, 2.24) is 14.1 Å². The summed E-state index contributed by atoms with van der Waals surface area (Å²) in [6.45, 7) is 0.131. The molecule has 2 aromatic heterocycles. The van der Waals surface area contributed by atoms with E-state index in [4.69, 9.17) is 21.1 Å². The van der Waals surface area contributed by atoms with E-state index in [2.05, 4.69) is 10.3 Å². The maximum atomic E-state index is 14.1. The molecular formula is C26H18ClFN4O4. The Kier molecular flexibility index (Phi) is 5.34. The minimum Gasteiger partial charge on any atom is -0.454 e. The van der Waals surface area contributed by atoms with Crippen LogP contribution in [0.3, 0.4) is 0 Å². The van der Waals surface area contributed by atoms with Crippen molar-refractivity contribution in [3.8, 4) is 11.5 Å². The number of hydrogen-bond donors (Lipinski definition) is 1. The van der Waals surface area contributed by atoms with Gasteiger partial charge in [-0.1, -0.05) is 29.8 Å². The summed E-state index contributed by atoms with van der Waals surface area (Å²) in [7, 11) is 0. The van der Waals surface area contributed by atoms with Crippen LogP contribution in [0, 0.1) is 5.82 Å². The van der Waals surface area contributed by atoms with E-state index in [1.165, 1.54) is 29.1 Å². The molecule has 0 fully saturated rings. The van der Waals surface area contributed by atoms with Crippen LogP contribution in [0.2, 0.25) is 5.02 Å². The first-order chi connectivity index (χ1) is 17.5. The molecule has 1 N–H and O–H groups in total. The number of aromatic nitrogens is 3. The van der Waals surface area contributed by atoms with Gasteiger partial charge in [-0.3, -0.25) is 14.2 Å². The Bertz CT molecular complexity index is 1730. The number of benzene rings is 3. The molecule has 0 aliphatic carbocycles. The van der Waals surface area contributed by atoms with Crippen LogP contribution in [-0.2, 0) is 17.9 Å². The fourth-order valence-corrected chi connectivity index (χ4v) is 4.57. The van der Waals surface area contributed by atoms with E-state index in [0.29, 0.717) is 38.6 Å². The Morgan fingerprint density at radius 1 is 1.08 bits per heavy atom. The lowest BCUT2D eigenvalue weighted by Crippen LogP contribution is -2.25. The van der Waals surface area contributed by atoms with Crippen molar-refractivity contribution < 1.29 is 18.7 Å². The summed E-state index contributed by atoms with van der Waals surface area (Å²) in [4.78, 5) is 31.1. The number of nitrogens with zero attached hydrogens (tertiary/aromatic N) is 3. The molecule has 1 aliphatic heterocycles. The lowest BCUT2D eigenvalue weighted by molar-refractivity contribution is -0.116. The first-order valence-electron chi connectivity index (χ1n) is 11.1. The van der Waals surface area contributed by atoms with E-state index >= 15 is 0 Å². The first-order valence-corrected chi connectivity index (χ1v) is 11.5. The molecule has 180 valence electrons. The Balaban J connectivity index is 1.41. The topological polar surface area (TPSA) is 87.4 Å². The number of rotatable bonds is 5. The molecule has 0 atom stereocenters. The fourth-order valence-electron chi connectivity index (χ4n) is 4.38. The second-order valence-electron chi connectivity index (χ2n) is 8.33. The molecule has 0 saturated heterocycles. The molecule has 0 radical (unpaired) electrons. The molecule has 1 aliphatic rings. The minimum absolute atomic E-state index is 0.123. The summed E-state index contributed by atoms with van der Waals surface area (Å²) in [5.41, 5.74) is 1.94. The van der Waals surface area contributed by atoms with Gasteiger partial charge >= 0.3 is 0 Å². The average molecular weight is 505 g/mol. The first kappa shape index (κ1) is 22.1. The minimum atomic E-state index is -0.464. The number of halogens is 2. The Morgan fingerprint density at radius 3 is 2.78 bits per heavy atom. The monoisotopic (exact) mass is 504 g/mol. The maximum absolute atomic E-state index is 14.1. The molecular weight excluding hydrogens is 487 g/mol. The zero-order chi connectivity index (χ0) is 24.8. The van der Waals surface area contributed by atoms with Gasteiger partial charge in [-0.2, -0.15) is 0 Å². The van der Waals surface area contributed by atoms with Gasteiger partial charge in [0.25, 0.3) is 5.56 Å². The SMILES string of the molecule is O=C(Cn1c2ccc(F)cc2c2ncn(Cc3ccccc3Cl)c(=O)c21)Nc1ccc2c(c1)OCO2. The number of hydrogen-bond acceptors (Lipinski definition) is 5. The Hall–Kier alpha value is -4.37. The molecule has 5 aromatic rings. The standard InChI is InChI=1S/C26H18ClFN4O4/c27-19-4-2-1-3-15(19)11-31-13-29-24-18-9-16(28)5-7-20(18)32(25(24)26(31)34)12-23(33)30-17-6-8-21-22(10-17)36-14-35-21/h1-10,13H,11-12,14H2,(H,30,33). The van der Waals surface area contributed by atoms with Gasteiger partial charge in [0.15, 0.2) is 11.5 Å². The molecule has 3 heterocycles. The van der Waals surface area contributed by atoms with Crippen molar-refractivity contribution in [3.63, 3.8) is 0 Å². The van der Waals surface area contributed by atoms with E-state index < -0.39 is 5.82 Å². The van der Waals surface area contributed by atoms with Gasteiger partial charge in [-0.05, 0) is 42.0 Å². The number of amides is 1.